The number of nitrogens with one attached hydrogen (secondary N) is 2. The monoisotopic (exact) mass is 253 g/mol. The summed E-state index contributed by atoms with van der Waals surface area (Å²) in [5.74, 6) is -1.80. The summed E-state index contributed by atoms with van der Waals surface area (Å²) in [5, 5.41) is 21.2. The summed E-state index contributed by atoms with van der Waals surface area (Å²) < 4.78 is 0. The molecule has 7 nitrogen and oxygen atoms in total. The SMILES string of the molecule is O=C(NC1CCCCC1O)c1nc[nH]c1C(=O)O. The van der Waals surface area contributed by atoms with Gasteiger partial charge >= 0.3 is 5.97 Å². The molecule has 2 atom stereocenters. The number of hydrogen-bond donors (Lipinski definition) is 4. The van der Waals surface area contributed by atoms with Gasteiger partial charge in [-0.25, -0.2) is 9.78 Å². The lowest BCUT2D eigenvalue weighted by molar-refractivity contribution is 0.0669. The van der Waals surface area contributed by atoms with E-state index < -0.39 is 18.0 Å². The molecule has 0 bridgehead atoms. The summed E-state index contributed by atoms with van der Waals surface area (Å²) in [7, 11) is 0. The van der Waals surface area contributed by atoms with Crippen LogP contribution < -0.4 is 5.32 Å². The van der Waals surface area contributed by atoms with Gasteiger partial charge < -0.3 is 20.5 Å². The van der Waals surface area contributed by atoms with Gasteiger partial charge in [0.2, 0.25) is 0 Å². The molecule has 1 fully saturated rings. The van der Waals surface area contributed by atoms with E-state index in [0.717, 1.165) is 19.2 Å². The van der Waals surface area contributed by atoms with Crippen molar-refractivity contribution in [2.75, 3.05) is 0 Å². The third-order valence-corrected chi connectivity index (χ3v) is 3.11. The predicted octanol–water partition coefficient (Wildman–Crippen LogP) is 0.141. The van der Waals surface area contributed by atoms with Gasteiger partial charge in [0.1, 0.15) is 0 Å². The molecular weight excluding hydrogens is 238 g/mol. The Morgan fingerprint density at radius 3 is 2.78 bits per heavy atom. The molecular formula is C11H15N3O4. The smallest absolute Gasteiger partial charge is 0.354 e. The molecule has 1 aliphatic carbocycles. The number of aliphatic hydroxyl groups is 1. The highest BCUT2D eigenvalue weighted by Gasteiger charge is 2.27. The highest BCUT2D eigenvalue weighted by molar-refractivity contribution is 6.02. The number of aliphatic hydroxyl groups excluding tert-OH is 1. The number of amides is 1. The Balaban J connectivity index is 2.07. The molecule has 2 rings (SSSR count). The standard InChI is InChI=1S/C11H15N3O4/c15-7-4-2-1-3-6(7)14-10(16)8-9(11(17)18)13-5-12-8/h5-7,15H,1-4H2,(H,12,13)(H,14,16)(H,17,18). The Bertz CT molecular complexity index is 457. The van der Waals surface area contributed by atoms with Crippen molar-refractivity contribution in [3.63, 3.8) is 0 Å². The predicted molar refractivity (Wildman–Crippen MR) is 61.3 cm³/mol. The fraction of sp³-hybridized carbons (Fsp3) is 0.545. The second kappa shape index (κ2) is 5.18. The van der Waals surface area contributed by atoms with Crippen LogP contribution in [0.5, 0.6) is 0 Å². The minimum Gasteiger partial charge on any atom is -0.477 e. The van der Waals surface area contributed by atoms with Crippen molar-refractivity contribution in [3.8, 4) is 0 Å². The first-order valence-corrected chi connectivity index (χ1v) is 5.85. The van der Waals surface area contributed by atoms with E-state index in [9.17, 15) is 14.7 Å². The minimum absolute atomic E-state index is 0.153. The Labute approximate surface area is 103 Å². The number of aromatic nitrogens is 2. The molecule has 1 aliphatic rings. The maximum absolute atomic E-state index is 11.9. The highest BCUT2D eigenvalue weighted by Crippen LogP contribution is 2.18. The zero-order valence-electron chi connectivity index (χ0n) is 9.72. The van der Waals surface area contributed by atoms with E-state index in [-0.39, 0.29) is 17.4 Å². The van der Waals surface area contributed by atoms with Crippen LogP contribution in [0.15, 0.2) is 6.33 Å². The normalized spacial score (nSPS) is 23.6. The van der Waals surface area contributed by atoms with Crippen molar-refractivity contribution < 1.29 is 19.8 Å². The van der Waals surface area contributed by atoms with Gasteiger partial charge in [0.05, 0.1) is 18.5 Å². The van der Waals surface area contributed by atoms with Crippen molar-refractivity contribution in [3.05, 3.63) is 17.7 Å². The fourth-order valence-corrected chi connectivity index (χ4v) is 2.15. The van der Waals surface area contributed by atoms with Gasteiger partial charge in [-0.1, -0.05) is 12.8 Å². The second-order valence-corrected chi connectivity index (χ2v) is 4.36. The summed E-state index contributed by atoms with van der Waals surface area (Å²) in [6.45, 7) is 0. The molecule has 18 heavy (non-hydrogen) atoms. The average molecular weight is 253 g/mol. The van der Waals surface area contributed by atoms with Crippen molar-refractivity contribution in [2.45, 2.75) is 37.8 Å². The van der Waals surface area contributed by atoms with E-state index in [2.05, 4.69) is 15.3 Å². The third kappa shape index (κ3) is 2.51. The molecule has 0 spiro atoms. The van der Waals surface area contributed by atoms with Gasteiger partial charge in [0.15, 0.2) is 11.4 Å². The number of rotatable bonds is 3. The molecule has 1 aromatic heterocycles. The molecule has 7 heteroatoms. The summed E-state index contributed by atoms with van der Waals surface area (Å²) in [5.41, 5.74) is -0.391. The van der Waals surface area contributed by atoms with E-state index in [4.69, 9.17) is 5.11 Å². The van der Waals surface area contributed by atoms with E-state index in [1.54, 1.807) is 0 Å². The Morgan fingerprint density at radius 2 is 2.11 bits per heavy atom. The minimum atomic E-state index is -1.23. The summed E-state index contributed by atoms with van der Waals surface area (Å²) in [6.07, 6.45) is 3.81. The van der Waals surface area contributed by atoms with Gasteiger partial charge in [-0.05, 0) is 12.8 Å². The van der Waals surface area contributed by atoms with Crippen LogP contribution >= 0.6 is 0 Å². The van der Waals surface area contributed by atoms with Gasteiger partial charge in [0.25, 0.3) is 5.91 Å². The van der Waals surface area contributed by atoms with E-state index in [1.807, 2.05) is 0 Å². The number of aromatic carboxylic acids is 1. The van der Waals surface area contributed by atoms with Crippen LogP contribution in [0, 0.1) is 0 Å². The van der Waals surface area contributed by atoms with E-state index >= 15 is 0 Å². The summed E-state index contributed by atoms with van der Waals surface area (Å²) >= 11 is 0. The Hall–Kier alpha value is -1.89. The van der Waals surface area contributed by atoms with E-state index in [0.29, 0.717) is 12.8 Å². The van der Waals surface area contributed by atoms with Gasteiger partial charge in [-0.2, -0.15) is 0 Å². The third-order valence-electron chi connectivity index (χ3n) is 3.11. The first kappa shape index (κ1) is 12.6. The van der Waals surface area contributed by atoms with Crippen LogP contribution in [0.3, 0.4) is 0 Å². The number of aromatic amines is 1. The maximum Gasteiger partial charge on any atom is 0.354 e. The molecule has 1 amide bonds. The number of imidazole rings is 1. The number of hydrogen-bond acceptors (Lipinski definition) is 4. The highest BCUT2D eigenvalue weighted by atomic mass is 16.4. The van der Waals surface area contributed by atoms with Crippen LogP contribution in [-0.4, -0.2) is 44.2 Å². The molecule has 0 radical (unpaired) electrons. The molecule has 0 saturated heterocycles. The van der Waals surface area contributed by atoms with Crippen LogP contribution in [0.2, 0.25) is 0 Å². The number of H-pyrrole nitrogens is 1. The summed E-state index contributed by atoms with van der Waals surface area (Å²) in [4.78, 5) is 28.8. The average Bonchev–Trinajstić information content (AvgIpc) is 2.81. The van der Waals surface area contributed by atoms with Crippen LogP contribution in [0.1, 0.15) is 46.7 Å². The molecule has 1 aromatic rings. The first-order valence-electron chi connectivity index (χ1n) is 5.85. The van der Waals surface area contributed by atoms with Crippen molar-refractivity contribution in [2.24, 2.45) is 0 Å². The molecule has 2 unspecified atom stereocenters. The van der Waals surface area contributed by atoms with Gasteiger partial charge in [-0.3, -0.25) is 4.79 Å². The molecule has 1 saturated carbocycles. The zero-order chi connectivity index (χ0) is 13.1. The summed E-state index contributed by atoms with van der Waals surface area (Å²) in [6, 6.07) is -0.329. The number of carbonyl (C=O) groups is 2. The Morgan fingerprint density at radius 1 is 1.39 bits per heavy atom. The van der Waals surface area contributed by atoms with Crippen LogP contribution in [0.25, 0.3) is 0 Å². The zero-order valence-corrected chi connectivity index (χ0v) is 9.72. The lowest BCUT2D eigenvalue weighted by atomic mass is 9.92. The van der Waals surface area contributed by atoms with Gasteiger partial charge in [-0.15, -0.1) is 0 Å². The number of carboxylic acids is 1. The van der Waals surface area contributed by atoms with Gasteiger partial charge in [0, 0.05) is 0 Å². The van der Waals surface area contributed by atoms with Crippen LogP contribution in [0.4, 0.5) is 0 Å². The molecule has 0 aromatic carbocycles. The lowest BCUT2D eigenvalue weighted by Gasteiger charge is -2.28. The molecule has 98 valence electrons. The molecule has 4 N–H and O–H groups in total. The quantitative estimate of drug-likeness (QED) is 0.611. The largest absolute Gasteiger partial charge is 0.477 e. The second-order valence-electron chi connectivity index (χ2n) is 4.36. The molecule has 0 aliphatic heterocycles. The first-order chi connectivity index (χ1) is 8.59. The topological polar surface area (TPSA) is 115 Å². The van der Waals surface area contributed by atoms with Crippen molar-refractivity contribution >= 4 is 11.9 Å². The van der Waals surface area contributed by atoms with Crippen LogP contribution in [-0.2, 0) is 0 Å². The number of carboxylic acid groups (broad SMARTS) is 1. The van der Waals surface area contributed by atoms with Crippen molar-refractivity contribution in [1.82, 2.24) is 15.3 Å². The Kier molecular flexibility index (Phi) is 3.61. The van der Waals surface area contributed by atoms with E-state index in [1.165, 1.54) is 0 Å². The number of carbonyl (C=O) groups excluding carboxylic acids is 1. The fourth-order valence-electron chi connectivity index (χ4n) is 2.15. The maximum atomic E-state index is 11.9. The van der Waals surface area contributed by atoms with Crippen molar-refractivity contribution in [1.29, 1.82) is 0 Å². The molecule has 1 heterocycles. The lowest BCUT2D eigenvalue weighted by Crippen LogP contribution is -2.45. The number of nitrogens with zero attached hydrogens (tertiary/aromatic N) is 1.